The molecule has 0 saturated heterocycles. The topological polar surface area (TPSA) is 75.6 Å². The lowest BCUT2D eigenvalue weighted by atomic mass is 10.1. The highest BCUT2D eigenvalue weighted by molar-refractivity contribution is 5.66. The molecule has 0 radical (unpaired) electrons. The Morgan fingerprint density at radius 1 is 0.500 bits per heavy atom. The summed E-state index contributed by atoms with van der Waals surface area (Å²) in [5.74, 6) is 0. The summed E-state index contributed by atoms with van der Waals surface area (Å²) in [7, 11) is 0. The van der Waals surface area contributed by atoms with Gasteiger partial charge in [-0.1, -0.05) is 60.7 Å². The van der Waals surface area contributed by atoms with Crippen molar-refractivity contribution in [1.82, 2.24) is 19.6 Å². The standard InChI is InChI=1S/C24H18N4O2/c29-23-15-21(25-27(23)19-7-3-1-4-8-19)17-11-13-18(14-12-17)22-16-24(30)28(26-22)20-9-5-2-6-10-20/h1-16,25-26H. The summed E-state index contributed by atoms with van der Waals surface area (Å²) in [4.78, 5) is 24.7. The predicted octanol–water partition coefficient (Wildman–Crippen LogP) is 3.98. The van der Waals surface area contributed by atoms with Crippen molar-refractivity contribution < 1.29 is 0 Å². The Balaban J connectivity index is 1.46. The third-order valence-electron chi connectivity index (χ3n) is 4.98. The second-order valence-electron chi connectivity index (χ2n) is 6.94. The molecule has 0 fully saturated rings. The van der Waals surface area contributed by atoms with Crippen LogP contribution in [0.15, 0.2) is 107 Å². The average molecular weight is 394 g/mol. The Morgan fingerprint density at radius 2 is 0.867 bits per heavy atom. The second-order valence-corrected chi connectivity index (χ2v) is 6.94. The molecule has 5 rings (SSSR count). The number of benzene rings is 3. The van der Waals surface area contributed by atoms with Gasteiger partial charge in [-0.15, -0.1) is 0 Å². The number of H-pyrrole nitrogens is 2. The van der Waals surface area contributed by atoms with Gasteiger partial charge in [0.1, 0.15) is 0 Å². The van der Waals surface area contributed by atoms with Crippen LogP contribution >= 0.6 is 0 Å². The van der Waals surface area contributed by atoms with E-state index in [1.165, 1.54) is 9.36 Å². The monoisotopic (exact) mass is 394 g/mol. The minimum atomic E-state index is -0.121. The Bertz CT molecular complexity index is 1300. The van der Waals surface area contributed by atoms with E-state index in [9.17, 15) is 9.59 Å². The van der Waals surface area contributed by atoms with Crippen molar-refractivity contribution in [2.45, 2.75) is 0 Å². The summed E-state index contributed by atoms with van der Waals surface area (Å²) in [5, 5.41) is 6.30. The first-order chi connectivity index (χ1) is 14.7. The molecule has 3 aromatic carbocycles. The van der Waals surface area contributed by atoms with Crippen LogP contribution in [0.5, 0.6) is 0 Å². The first kappa shape index (κ1) is 17.8. The first-order valence-corrected chi connectivity index (χ1v) is 9.55. The highest BCUT2D eigenvalue weighted by atomic mass is 16.1. The summed E-state index contributed by atoms with van der Waals surface area (Å²) in [5.41, 5.74) is 4.55. The molecule has 0 aliphatic heterocycles. The van der Waals surface area contributed by atoms with Crippen LogP contribution in [-0.4, -0.2) is 19.6 Å². The van der Waals surface area contributed by atoms with Crippen LogP contribution in [-0.2, 0) is 0 Å². The zero-order valence-electron chi connectivity index (χ0n) is 15.9. The Morgan fingerprint density at radius 3 is 1.23 bits per heavy atom. The molecule has 0 spiro atoms. The van der Waals surface area contributed by atoms with E-state index in [0.717, 1.165) is 33.9 Å². The number of aromatic amines is 2. The van der Waals surface area contributed by atoms with Crippen LogP contribution in [0.1, 0.15) is 0 Å². The molecule has 30 heavy (non-hydrogen) atoms. The predicted molar refractivity (Wildman–Crippen MR) is 117 cm³/mol. The molecule has 0 bridgehead atoms. The summed E-state index contributed by atoms with van der Waals surface area (Å²) < 4.78 is 3.03. The van der Waals surface area contributed by atoms with E-state index >= 15 is 0 Å². The number of para-hydroxylation sites is 2. The van der Waals surface area contributed by atoms with Crippen molar-refractivity contribution in [3.63, 3.8) is 0 Å². The van der Waals surface area contributed by atoms with Crippen LogP contribution in [0.3, 0.4) is 0 Å². The summed E-state index contributed by atoms with van der Waals surface area (Å²) in [6, 6.07) is 29.7. The van der Waals surface area contributed by atoms with Gasteiger partial charge in [0.2, 0.25) is 0 Å². The number of hydrogen-bond donors (Lipinski definition) is 2. The van der Waals surface area contributed by atoms with Gasteiger partial charge in [-0.25, -0.2) is 9.36 Å². The van der Waals surface area contributed by atoms with E-state index in [2.05, 4.69) is 10.2 Å². The van der Waals surface area contributed by atoms with Gasteiger partial charge >= 0.3 is 0 Å². The molecule has 2 aromatic heterocycles. The molecule has 6 heteroatoms. The average Bonchev–Trinajstić information content (AvgIpc) is 3.38. The Kier molecular flexibility index (Phi) is 4.29. The Labute approximate surface area is 171 Å². The van der Waals surface area contributed by atoms with Gasteiger partial charge in [0.15, 0.2) is 0 Å². The molecule has 146 valence electrons. The summed E-state index contributed by atoms with van der Waals surface area (Å²) in [6.45, 7) is 0. The summed E-state index contributed by atoms with van der Waals surface area (Å²) in [6.07, 6.45) is 0. The van der Waals surface area contributed by atoms with Crippen molar-refractivity contribution in [2.24, 2.45) is 0 Å². The lowest BCUT2D eigenvalue weighted by Gasteiger charge is -2.04. The molecule has 0 saturated carbocycles. The fourth-order valence-corrected chi connectivity index (χ4v) is 3.45. The fraction of sp³-hybridized carbons (Fsp3) is 0. The van der Waals surface area contributed by atoms with Gasteiger partial charge < -0.3 is 0 Å². The van der Waals surface area contributed by atoms with Gasteiger partial charge in [-0.05, 0) is 35.4 Å². The van der Waals surface area contributed by atoms with E-state index < -0.39 is 0 Å². The van der Waals surface area contributed by atoms with Gasteiger partial charge in [0.25, 0.3) is 11.1 Å². The normalized spacial score (nSPS) is 10.9. The summed E-state index contributed by atoms with van der Waals surface area (Å²) >= 11 is 0. The highest BCUT2D eigenvalue weighted by Crippen LogP contribution is 2.22. The maximum atomic E-state index is 12.4. The van der Waals surface area contributed by atoms with Crippen molar-refractivity contribution in [2.75, 3.05) is 0 Å². The number of nitrogens with zero attached hydrogens (tertiary/aromatic N) is 2. The van der Waals surface area contributed by atoms with Crippen LogP contribution in [0.25, 0.3) is 33.9 Å². The van der Waals surface area contributed by atoms with E-state index in [1.54, 1.807) is 12.1 Å². The number of hydrogen-bond acceptors (Lipinski definition) is 2. The van der Waals surface area contributed by atoms with Gasteiger partial charge in [-0.2, -0.15) is 0 Å². The van der Waals surface area contributed by atoms with Gasteiger partial charge in [0.05, 0.1) is 22.8 Å². The third kappa shape index (κ3) is 3.20. The zero-order chi connectivity index (χ0) is 20.5. The molecule has 0 amide bonds. The van der Waals surface area contributed by atoms with Crippen molar-refractivity contribution in [3.05, 3.63) is 118 Å². The number of nitrogens with one attached hydrogen (secondary N) is 2. The molecule has 0 aliphatic rings. The Hall–Kier alpha value is -4.32. The first-order valence-electron chi connectivity index (χ1n) is 9.55. The molecule has 2 N–H and O–H groups in total. The molecule has 6 nitrogen and oxygen atoms in total. The number of aromatic nitrogens is 4. The second kappa shape index (κ2) is 7.25. The van der Waals surface area contributed by atoms with Crippen molar-refractivity contribution in [3.8, 4) is 33.9 Å². The fourth-order valence-electron chi connectivity index (χ4n) is 3.45. The maximum Gasteiger partial charge on any atom is 0.271 e. The van der Waals surface area contributed by atoms with Crippen LogP contribution < -0.4 is 11.1 Å². The lowest BCUT2D eigenvalue weighted by molar-refractivity contribution is 0.852. The third-order valence-corrected chi connectivity index (χ3v) is 4.98. The van der Waals surface area contributed by atoms with Gasteiger partial charge in [0, 0.05) is 12.1 Å². The number of rotatable bonds is 4. The molecule has 0 aliphatic carbocycles. The van der Waals surface area contributed by atoms with Crippen LogP contribution in [0, 0.1) is 0 Å². The lowest BCUT2D eigenvalue weighted by Crippen LogP contribution is -2.12. The molecular weight excluding hydrogens is 376 g/mol. The quantitative estimate of drug-likeness (QED) is 0.484. The van der Waals surface area contributed by atoms with Crippen LogP contribution in [0.4, 0.5) is 0 Å². The van der Waals surface area contributed by atoms with E-state index in [0.29, 0.717) is 0 Å². The van der Waals surface area contributed by atoms with E-state index in [1.807, 2.05) is 84.9 Å². The van der Waals surface area contributed by atoms with Crippen molar-refractivity contribution in [1.29, 1.82) is 0 Å². The molecule has 5 aromatic rings. The minimum Gasteiger partial charge on any atom is -0.290 e. The smallest absolute Gasteiger partial charge is 0.271 e. The molecule has 2 heterocycles. The van der Waals surface area contributed by atoms with E-state index in [4.69, 9.17) is 0 Å². The van der Waals surface area contributed by atoms with E-state index in [-0.39, 0.29) is 11.1 Å². The molecule has 0 atom stereocenters. The van der Waals surface area contributed by atoms with Crippen LogP contribution in [0.2, 0.25) is 0 Å². The zero-order valence-corrected chi connectivity index (χ0v) is 15.9. The minimum absolute atomic E-state index is 0.121. The SMILES string of the molecule is O=c1cc(-c2ccc(-c3cc(=O)n(-c4ccccc4)[nH]3)cc2)[nH]n1-c1ccccc1. The largest absolute Gasteiger partial charge is 0.290 e. The molecular formula is C24H18N4O2. The maximum absolute atomic E-state index is 12.4. The van der Waals surface area contributed by atoms with Crippen molar-refractivity contribution >= 4 is 0 Å². The van der Waals surface area contributed by atoms with Gasteiger partial charge in [-0.3, -0.25) is 19.8 Å². The highest BCUT2D eigenvalue weighted by Gasteiger charge is 2.09. The molecule has 0 unspecified atom stereocenters.